The molecule has 1 fully saturated rings. The van der Waals surface area contributed by atoms with Crippen LogP contribution in [0, 0.1) is 0 Å². The Labute approximate surface area is 166 Å². The molecule has 28 heavy (non-hydrogen) atoms. The first-order chi connectivity index (χ1) is 13.7. The lowest BCUT2D eigenvalue weighted by atomic mass is 10.00. The van der Waals surface area contributed by atoms with Crippen LogP contribution < -0.4 is 5.32 Å². The molecule has 0 unspecified atom stereocenters. The molecule has 2 aliphatic heterocycles. The van der Waals surface area contributed by atoms with Crippen LogP contribution in [-0.4, -0.2) is 47.8 Å². The molecule has 0 aliphatic carbocycles. The van der Waals surface area contributed by atoms with Gasteiger partial charge in [0.15, 0.2) is 0 Å². The lowest BCUT2D eigenvalue weighted by Crippen LogP contribution is -2.37. The molecule has 0 spiro atoms. The molecular formula is C23H27N3O2. The van der Waals surface area contributed by atoms with Crippen LogP contribution in [0.25, 0.3) is 0 Å². The van der Waals surface area contributed by atoms with E-state index in [9.17, 15) is 9.59 Å². The van der Waals surface area contributed by atoms with Crippen LogP contribution in [0.2, 0.25) is 0 Å². The molecule has 0 saturated carbocycles. The highest BCUT2D eigenvalue weighted by atomic mass is 16.2. The van der Waals surface area contributed by atoms with Crippen molar-refractivity contribution < 1.29 is 9.59 Å². The highest BCUT2D eigenvalue weighted by Gasteiger charge is 2.20. The number of nitrogens with one attached hydrogen (secondary N) is 1. The molecule has 5 nitrogen and oxygen atoms in total. The van der Waals surface area contributed by atoms with Gasteiger partial charge in [0.2, 0.25) is 5.91 Å². The van der Waals surface area contributed by atoms with Crippen molar-refractivity contribution in [3.63, 3.8) is 0 Å². The van der Waals surface area contributed by atoms with Crippen molar-refractivity contribution in [2.75, 3.05) is 26.2 Å². The van der Waals surface area contributed by atoms with Gasteiger partial charge in [-0.3, -0.25) is 14.5 Å². The largest absolute Gasteiger partial charge is 0.351 e. The van der Waals surface area contributed by atoms with Crippen LogP contribution >= 0.6 is 0 Å². The molecule has 1 N–H and O–H groups in total. The molecule has 2 amide bonds. The molecule has 0 aromatic heterocycles. The summed E-state index contributed by atoms with van der Waals surface area (Å²) >= 11 is 0. The van der Waals surface area contributed by atoms with Gasteiger partial charge >= 0.3 is 0 Å². The molecule has 146 valence electrons. The average molecular weight is 377 g/mol. The summed E-state index contributed by atoms with van der Waals surface area (Å²) in [5.41, 5.74) is 4.50. The SMILES string of the molecule is O=C(NCCN1CCc2ccccc2C1)c1cccc(CN2CCCC2=O)c1. The molecule has 2 aromatic carbocycles. The van der Waals surface area contributed by atoms with Crippen molar-refractivity contribution in [1.29, 1.82) is 0 Å². The number of nitrogens with zero attached hydrogens (tertiary/aromatic N) is 2. The first kappa shape index (κ1) is 18.7. The maximum Gasteiger partial charge on any atom is 0.251 e. The normalized spacial score (nSPS) is 16.9. The number of hydrogen-bond acceptors (Lipinski definition) is 3. The monoisotopic (exact) mass is 377 g/mol. The Morgan fingerprint density at radius 3 is 2.68 bits per heavy atom. The van der Waals surface area contributed by atoms with Gasteiger partial charge in [0.05, 0.1) is 0 Å². The van der Waals surface area contributed by atoms with Gasteiger partial charge in [0, 0.05) is 51.3 Å². The molecule has 0 bridgehead atoms. The van der Waals surface area contributed by atoms with Crippen LogP contribution in [0.15, 0.2) is 48.5 Å². The summed E-state index contributed by atoms with van der Waals surface area (Å²) in [7, 11) is 0. The summed E-state index contributed by atoms with van der Waals surface area (Å²) in [5, 5.41) is 3.04. The molecule has 0 radical (unpaired) electrons. The third-order valence-corrected chi connectivity index (χ3v) is 5.66. The quantitative estimate of drug-likeness (QED) is 0.842. The van der Waals surface area contributed by atoms with Gasteiger partial charge in [0.25, 0.3) is 5.91 Å². The zero-order valence-corrected chi connectivity index (χ0v) is 16.2. The van der Waals surface area contributed by atoms with E-state index < -0.39 is 0 Å². The van der Waals surface area contributed by atoms with E-state index in [4.69, 9.17) is 0 Å². The minimum absolute atomic E-state index is 0.0491. The number of benzene rings is 2. The van der Waals surface area contributed by atoms with E-state index in [-0.39, 0.29) is 11.8 Å². The van der Waals surface area contributed by atoms with Crippen molar-refractivity contribution >= 4 is 11.8 Å². The summed E-state index contributed by atoms with van der Waals surface area (Å²) in [6, 6.07) is 16.2. The van der Waals surface area contributed by atoms with Gasteiger partial charge in [-0.25, -0.2) is 0 Å². The number of rotatable bonds is 6. The highest BCUT2D eigenvalue weighted by Crippen LogP contribution is 2.18. The van der Waals surface area contributed by atoms with Crippen molar-refractivity contribution in [2.45, 2.75) is 32.4 Å². The predicted molar refractivity (Wildman–Crippen MR) is 109 cm³/mol. The van der Waals surface area contributed by atoms with Crippen LogP contribution in [0.4, 0.5) is 0 Å². The Morgan fingerprint density at radius 1 is 1.00 bits per heavy atom. The fourth-order valence-corrected chi connectivity index (χ4v) is 4.08. The van der Waals surface area contributed by atoms with Crippen LogP contribution in [0.5, 0.6) is 0 Å². The number of amides is 2. The lowest BCUT2D eigenvalue weighted by Gasteiger charge is -2.28. The summed E-state index contributed by atoms with van der Waals surface area (Å²) in [5.74, 6) is 0.157. The van der Waals surface area contributed by atoms with Gasteiger partial charge in [-0.2, -0.15) is 0 Å². The second-order valence-electron chi connectivity index (χ2n) is 7.67. The van der Waals surface area contributed by atoms with Crippen LogP contribution in [0.1, 0.15) is 39.9 Å². The zero-order valence-electron chi connectivity index (χ0n) is 16.2. The van der Waals surface area contributed by atoms with E-state index in [1.54, 1.807) is 0 Å². The molecular weight excluding hydrogens is 350 g/mol. The molecule has 4 rings (SSSR count). The fraction of sp³-hybridized carbons (Fsp3) is 0.391. The minimum atomic E-state index is -0.0491. The van der Waals surface area contributed by atoms with E-state index in [2.05, 4.69) is 34.5 Å². The molecule has 2 heterocycles. The standard InChI is InChI=1S/C23H27N3O2/c27-22-9-4-12-26(22)16-18-5-3-8-20(15-18)23(28)24-11-14-25-13-10-19-6-1-2-7-21(19)17-25/h1-3,5-8,15H,4,9-14,16-17H2,(H,24,28). The number of carbonyl (C=O) groups is 2. The highest BCUT2D eigenvalue weighted by molar-refractivity contribution is 5.94. The Hall–Kier alpha value is -2.66. The average Bonchev–Trinajstić information content (AvgIpc) is 3.12. The fourth-order valence-electron chi connectivity index (χ4n) is 4.08. The minimum Gasteiger partial charge on any atom is -0.351 e. The number of likely N-dealkylation sites (tertiary alicyclic amines) is 1. The molecule has 0 atom stereocenters. The predicted octanol–water partition coefficient (Wildman–Crippen LogP) is 2.60. The van der Waals surface area contributed by atoms with E-state index in [0.29, 0.717) is 25.1 Å². The van der Waals surface area contributed by atoms with E-state index in [1.807, 2.05) is 29.2 Å². The third kappa shape index (κ3) is 4.42. The number of fused-ring (bicyclic) bond motifs is 1. The Morgan fingerprint density at radius 2 is 1.86 bits per heavy atom. The van der Waals surface area contributed by atoms with Gasteiger partial charge in [-0.15, -0.1) is 0 Å². The summed E-state index contributed by atoms with van der Waals surface area (Å²) in [6.07, 6.45) is 2.64. The number of carbonyl (C=O) groups excluding carboxylic acids is 2. The van der Waals surface area contributed by atoms with Gasteiger partial charge in [-0.05, 0) is 41.7 Å². The Kier molecular flexibility index (Phi) is 5.72. The molecule has 5 heteroatoms. The second-order valence-corrected chi connectivity index (χ2v) is 7.67. The zero-order chi connectivity index (χ0) is 19.3. The van der Waals surface area contributed by atoms with Crippen LogP contribution in [-0.2, 0) is 24.3 Å². The van der Waals surface area contributed by atoms with Crippen molar-refractivity contribution in [2.24, 2.45) is 0 Å². The van der Waals surface area contributed by atoms with Crippen LogP contribution in [0.3, 0.4) is 0 Å². The molecule has 2 aromatic rings. The second kappa shape index (κ2) is 8.57. The maximum absolute atomic E-state index is 12.5. The first-order valence-electron chi connectivity index (χ1n) is 10.1. The van der Waals surface area contributed by atoms with Crippen molar-refractivity contribution in [3.05, 3.63) is 70.8 Å². The van der Waals surface area contributed by atoms with Gasteiger partial charge in [0.1, 0.15) is 0 Å². The first-order valence-corrected chi connectivity index (χ1v) is 10.1. The third-order valence-electron chi connectivity index (χ3n) is 5.66. The van der Waals surface area contributed by atoms with Crippen molar-refractivity contribution in [1.82, 2.24) is 15.1 Å². The Bertz CT molecular complexity index is 864. The summed E-state index contributed by atoms with van der Waals surface area (Å²) < 4.78 is 0. The van der Waals surface area contributed by atoms with Gasteiger partial charge < -0.3 is 10.2 Å². The summed E-state index contributed by atoms with van der Waals surface area (Å²) in [4.78, 5) is 28.6. The molecule has 1 saturated heterocycles. The summed E-state index contributed by atoms with van der Waals surface area (Å²) in [6.45, 7) is 4.87. The van der Waals surface area contributed by atoms with Crippen molar-refractivity contribution in [3.8, 4) is 0 Å². The lowest BCUT2D eigenvalue weighted by molar-refractivity contribution is -0.128. The maximum atomic E-state index is 12.5. The number of hydrogen-bond donors (Lipinski definition) is 1. The van der Waals surface area contributed by atoms with E-state index >= 15 is 0 Å². The van der Waals surface area contributed by atoms with Gasteiger partial charge in [-0.1, -0.05) is 36.4 Å². The molecule has 2 aliphatic rings. The smallest absolute Gasteiger partial charge is 0.251 e. The van der Waals surface area contributed by atoms with E-state index in [0.717, 1.165) is 44.6 Å². The van der Waals surface area contributed by atoms with E-state index in [1.165, 1.54) is 11.1 Å². The topological polar surface area (TPSA) is 52.7 Å². The Balaban J connectivity index is 1.27.